The third-order valence-electron chi connectivity index (χ3n) is 10.00. The summed E-state index contributed by atoms with van der Waals surface area (Å²) in [5, 5.41) is 40.8. The van der Waals surface area contributed by atoms with E-state index in [1.165, 1.54) is 40.6 Å². The highest BCUT2D eigenvalue weighted by Gasteiger charge is 2.21. The summed E-state index contributed by atoms with van der Waals surface area (Å²) in [6.07, 6.45) is 0. The molecule has 14 nitrogen and oxygen atoms in total. The van der Waals surface area contributed by atoms with Crippen molar-refractivity contribution in [1.29, 1.82) is 0 Å². The van der Waals surface area contributed by atoms with Crippen LogP contribution in [0.3, 0.4) is 0 Å². The van der Waals surface area contributed by atoms with Crippen LogP contribution < -0.4 is 35.2 Å². The highest BCUT2D eigenvalue weighted by molar-refractivity contribution is 5.89. The van der Waals surface area contributed by atoms with Crippen molar-refractivity contribution in [2.45, 2.75) is 6.92 Å². The Morgan fingerprint density at radius 2 is 0.875 bits per heavy atom. The van der Waals surface area contributed by atoms with Gasteiger partial charge in [0.15, 0.2) is 17.3 Å². The number of hydrogen-bond donors (Lipinski definition) is 4. The number of phenolic OH excluding ortho intramolecular Hbond substituents is 1. The van der Waals surface area contributed by atoms with Crippen LogP contribution in [0.4, 0.5) is 0 Å². The molecule has 0 aliphatic rings. The van der Waals surface area contributed by atoms with Gasteiger partial charge in [0.1, 0.15) is 56.3 Å². The number of hydrogen-bond acceptors (Lipinski definition) is 14. The second-order valence-corrected chi connectivity index (χ2v) is 14.0. The van der Waals surface area contributed by atoms with Crippen LogP contribution in [0.25, 0.3) is 66.9 Å². The van der Waals surface area contributed by atoms with Gasteiger partial charge < -0.3 is 52.6 Å². The first kappa shape index (κ1) is 43.4. The second kappa shape index (κ2) is 18.5. The number of aryl methyl sites for hydroxylation is 1. The van der Waals surface area contributed by atoms with E-state index in [-0.39, 0.29) is 45.1 Å². The molecule has 4 N–H and O–H groups in total. The van der Waals surface area contributed by atoms with E-state index in [1.54, 1.807) is 84.9 Å². The van der Waals surface area contributed by atoms with Gasteiger partial charge in [-0.1, -0.05) is 72.3 Å². The number of methoxy groups -OCH3 is 4. The Kier molecular flexibility index (Phi) is 12.6. The van der Waals surface area contributed by atoms with Crippen LogP contribution >= 0.6 is 0 Å². The van der Waals surface area contributed by atoms with Crippen molar-refractivity contribution in [2.75, 3.05) is 28.4 Å². The fourth-order valence-electron chi connectivity index (χ4n) is 6.67. The highest BCUT2D eigenvalue weighted by Crippen LogP contribution is 2.37. The Morgan fingerprint density at radius 1 is 0.422 bits per heavy atom. The molecule has 0 spiro atoms. The molecule has 9 rings (SSSR count). The minimum Gasteiger partial charge on any atom is -0.507 e. The van der Waals surface area contributed by atoms with Crippen molar-refractivity contribution < 1.29 is 52.6 Å². The molecule has 6 aromatic carbocycles. The maximum Gasteiger partial charge on any atom is 0.238 e. The smallest absolute Gasteiger partial charge is 0.238 e. The van der Waals surface area contributed by atoms with Gasteiger partial charge in [-0.15, -0.1) is 0 Å². The highest BCUT2D eigenvalue weighted by atomic mass is 16.5. The number of phenols is 1. The molecule has 0 amide bonds. The van der Waals surface area contributed by atoms with Gasteiger partial charge in [-0.05, 0) is 43.3 Å². The van der Waals surface area contributed by atoms with Crippen molar-refractivity contribution in [3.05, 3.63) is 164 Å². The summed E-state index contributed by atoms with van der Waals surface area (Å²) in [7, 11) is 5.93. The largest absolute Gasteiger partial charge is 0.507 e. The first-order valence-electron chi connectivity index (χ1n) is 19.4. The molecule has 0 radical (unpaired) electrons. The summed E-state index contributed by atoms with van der Waals surface area (Å²) in [6.45, 7) is 1.95. The number of aromatic hydroxyl groups is 4. The van der Waals surface area contributed by atoms with Crippen LogP contribution in [0.2, 0.25) is 0 Å². The van der Waals surface area contributed by atoms with Gasteiger partial charge in [0.25, 0.3) is 0 Å². The second-order valence-electron chi connectivity index (χ2n) is 14.0. The van der Waals surface area contributed by atoms with E-state index in [2.05, 4.69) is 0 Å². The molecule has 14 heteroatoms. The first-order chi connectivity index (χ1) is 30.9. The lowest BCUT2D eigenvalue weighted by atomic mass is 10.1. The van der Waals surface area contributed by atoms with Crippen molar-refractivity contribution in [1.82, 2.24) is 0 Å². The Morgan fingerprint density at radius 3 is 1.44 bits per heavy atom. The molecule has 0 saturated carbocycles. The fourth-order valence-corrected chi connectivity index (χ4v) is 6.67. The average molecular weight is 865 g/mol. The van der Waals surface area contributed by atoms with E-state index in [0.29, 0.717) is 56.2 Å². The Labute approximate surface area is 363 Å². The zero-order chi connectivity index (χ0) is 45.7. The SMILES string of the molecule is COc1cc(OC)c2c(=O)c(O)c(-c3ccc(C)cc3)oc2c1.COc1ccc(-c2oc3cc(OC)cc(O)c3c(=O)c2O)cc1.O=c1c(O)c(-c2ccccc2)oc2ccccc12. The van der Waals surface area contributed by atoms with Crippen LogP contribution in [-0.4, -0.2) is 48.9 Å². The lowest BCUT2D eigenvalue weighted by molar-refractivity contribution is 0.394. The lowest BCUT2D eigenvalue weighted by Gasteiger charge is -2.10. The van der Waals surface area contributed by atoms with E-state index in [1.807, 2.05) is 37.3 Å². The summed E-state index contributed by atoms with van der Waals surface area (Å²) >= 11 is 0. The van der Waals surface area contributed by atoms with Gasteiger partial charge in [0, 0.05) is 41.0 Å². The van der Waals surface area contributed by atoms with Crippen molar-refractivity contribution in [2.24, 2.45) is 0 Å². The summed E-state index contributed by atoms with van der Waals surface area (Å²) in [4.78, 5) is 36.9. The molecule has 324 valence electrons. The Hall–Kier alpha value is -8.65. The third-order valence-corrected chi connectivity index (χ3v) is 10.00. The fraction of sp³-hybridized carbons (Fsp3) is 0.100. The Bertz CT molecular complexity index is 3310. The number of rotatable bonds is 7. The molecule has 3 heterocycles. The van der Waals surface area contributed by atoms with E-state index < -0.39 is 27.8 Å². The van der Waals surface area contributed by atoms with Gasteiger partial charge in [-0.2, -0.15) is 0 Å². The Balaban J connectivity index is 0.000000145. The monoisotopic (exact) mass is 864 g/mol. The molecule has 64 heavy (non-hydrogen) atoms. The van der Waals surface area contributed by atoms with E-state index in [9.17, 15) is 34.8 Å². The third kappa shape index (κ3) is 8.60. The van der Waals surface area contributed by atoms with Crippen LogP contribution in [0.1, 0.15) is 5.56 Å². The van der Waals surface area contributed by atoms with Gasteiger partial charge in [-0.25, -0.2) is 0 Å². The predicted molar refractivity (Wildman–Crippen MR) is 241 cm³/mol. The number of fused-ring (bicyclic) bond motifs is 3. The minimum absolute atomic E-state index is 0.0119. The van der Waals surface area contributed by atoms with Crippen LogP contribution in [0.15, 0.2) is 155 Å². The normalized spacial score (nSPS) is 10.7. The maximum absolute atomic E-state index is 12.5. The topological polar surface area (TPSA) is 208 Å². The van der Waals surface area contributed by atoms with Crippen LogP contribution in [0, 0.1) is 6.92 Å². The maximum atomic E-state index is 12.5. The molecular weight excluding hydrogens is 825 g/mol. The quantitative estimate of drug-likeness (QED) is 0.118. The van der Waals surface area contributed by atoms with Crippen LogP contribution in [-0.2, 0) is 0 Å². The zero-order valence-corrected chi connectivity index (χ0v) is 35.0. The van der Waals surface area contributed by atoms with Crippen molar-refractivity contribution >= 4 is 32.9 Å². The molecule has 0 bridgehead atoms. The van der Waals surface area contributed by atoms with Crippen molar-refractivity contribution in [3.63, 3.8) is 0 Å². The van der Waals surface area contributed by atoms with Gasteiger partial charge in [0.2, 0.25) is 33.5 Å². The van der Waals surface area contributed by atoms with E-state index >= 15 is 0 Å². The first-order valence-corrected chi connectivity index (χ1v) is 19.4. The number of benzene rings is 6. The zero-order valence-electron chi connectivity index (χ0n) is 35.0. The molecule has 0 fully saturated rings. The molecule has 0 aliphatic heterocycles. The van der Waals surface area contributed by atoms with E-state index in [0.717, 1.165) is 5.56 Å². The molecule has 0 aliphatic carbocycles. The lowest BCUT2D eigenvalue weighted by Crippen LogP contribution is -2.05. The van der Waals surface area contributed by atoms with Crippen molar-refractivity contribution in [3.8, 4) is 80.0 Å². The van der Waals surface area contributed by atoms with Gasteiger partial charge in [-0.3, -0.25) is 14.4 Å². The summed E-state index contributed by atoms with van der Waals surface area (Å²) in [5.41, 5.74) is 2.10. The molecular formula is C50H40O14. The average Bonchev–Trinajstić information content (AvgIpc) is 3.32. The molecule has 0 atom stereocenters. The standard InChI is InChI=1S/C18H16O5.C17H14O6.C15H10O3/c1-10-4-6-11(7-5-10)18-17(20)16(19)15-13(22-3)8-12(21-2)9-14(15)23-18;1-21-10-5-3-9(4-6-10)17-16(20)15(19)14-12(18)7-11(22-2)8-13(14)23-17;16-13-11-8-4-5-9-12(11)18-15(14(13)17)10-6-2-1-3-7-10/h4-9,20H,1-3H3;3-8,18,20H,1-2H3;1-9,17H. The van der Waals surface area contributed by atoms with Crippen LogP contribution in [0.5, 0.6) is 46.0 Å². The summed E-state index contributed by atoms with van der Waals surface area (Å²) in [5.74, 6) is 0.435. The summed E-state index contributed by atoms with van der Waals surface area (Å²) < 4.78 is 37.5. The molecule has 3 aromatic heterocycles. The molecule has 0 saturated heterocycles. The minimum atomic E-state index is -0.711. The molecule has 9 aromatic rings. The number of ether oxygens (including phenoxy) is 4. The summed E-state index contributed by atoms with van der Waals surface area (Å²) in [6, 6.07) is 35.9. The van der Waals surface area contributed by atoms with E-state index in [4.69, 9.17) is 32.2 Å². The predicted octanol–water partition coefficient (Wildman–Crippen LogP) is 9.55. The van der Waals surface area contributed by atoms with Gasteiger partial charge >= 0.3 is 0 Å². The number of para-hydroxylation sites is 1. The van der Waals surface area contributed by atoms with Gasteiger partial charge in [0.05, 0.1) is 33.8 Å². The molecule has 0 unspecified atom stereocenters.